The predicted molar refractivity (Wildman–Crippen MR) is 80.7 cm³/mol. The van der Waals surface area contributed by atoms with Gasteiger partial charge < -0.3 is 10.2 Å². The van der Waals surface area contributed by atoms with Crippen LogP contribution >= 0.6 is 0 Å². The summed E-state index contributed by atoms with van der Waals surface area (Å²) in [7, 11) is 2.06. The summed E-state index contributed by atoms with van der Waals surface area (Å²) in [5.41, 5.74) is 0.279. The van der Waals surface area contributed by atoms with Crippen LogP contribution in [-0.2, 0) is 0 Å². The lowest BCUT2D eigenvalue weighted by Gasteiger charge is -2.40. The minimum atomic E-state index is 0.279. The summed E-state index contributed by atoms with van der Waals surface area (Å²) < 4.78 is 0. The molecule has 2 aromatic rings. The lowest BCUT2D eigenvalue weighted by atomic mass is 9.90. The van der Waals surface area contributed by atoms with E-state index in [0.717, 1.165) is 31.7 Å². The van der Waals surface area contributed by atoms with Crippen molar-refractivity contribution < 1.29 is 0 Å². The fraction of sp³-hybridized carbons (Fsp3) is 0.438. The summed E-state index contributed by atoms with van der Waals surface area (Å²) in [5.74, 6) is 1.14. The highest BCUT2D eigenvalue weighted by atomic mass is 15.2. The van der Waals surface area contributed by atoms with Crippen LogP contribution in [0.5, 0.6) is 0 Å². The van der Waals surface area contributed by atoms with Gasteiger partial charge in [0, 0.05) is 30.2 Å². The van der Waals surface area contributed by atoms with Crippen LogP contribution in [0.25, 0.3) is 10.8 Å². The standard InChI is InChI=1S/C16H21N3/c1-16(17-2)8-11-19(12-9-16)15-14-6-4-3-5-13(14)7-10-18-15/h3-7,10,17H,8-9,11-12H2,1-2H3. The summed E-state index contributed by atoms with van der Waals surface area (Å²) in [5, 5.41) is 5.98. The molecule has 2 heterocycles. The molecule has 0 bridgehead atoms. The van der Waals surface area contributed by atoms with Gasteiger partial charge in [0.1, 0.15) is 5.82 Å². The van der Waals surface area contributed by atoms with Crippen LogP contribution in [0, 0.1) is 0 Å². The quantitative estimate of drug-likeness (QED) is 0.894. The molecule has 1 N–H and O–H groups in total. The number of hydrogen-bond acceptors (Lipinski definition) is 3. The van der Waals surface area contributed by atoms with Crippen molar-refractivity contribution in [2.45, 2.75) is 25.3 Å². The summed E-state index contributed by atoms with van der Waals surface area (Å²) in [6.07, 6.45) is 4.24. The number of fused-ring (bicyclic) bond motifs is 1. The molecule has 3 nitrogen and oxygen atoms in total. The molecular formula is C16H21N3. The largest absolute Gasteiger partial charge is 0.356 e. The molecular weight excluding hydrogens is 234 g/mol. The number of benzene rings is 1. The van der Waals surface area contributed by atoms with Gasteiger partial charge in [0.15, 0.2) is 0 Å². The molecule has 1 aromatic heterocycles. The number of nitrogens with zero attached hydrogens (tertiary/aromatic N) is 2. The van der Waals surface area contributed by atoms with E-state index in [0.29, 0.717) is 0 Å². The smallest absolute Gasteiger partial charge is 0.136 e. The first-order valence-electron chi connectivity index (χ1n) is 6.99. The van der Waals surface area contributed by atoms with E-state index in [1.165, 1.54) is 10.8 Å². The maximum atomic E-state index is 4.61. The molecule has 1 aromatic carbocycles. The molecule has 1 aliphatic rings. The lowest BCUT2D eigenvalue weighted by molar-refractivity contribution is 0.304. The number of pyridine rings is 1. The van der Waals surface area contributed by atoms with Crippen LogP contribution in [0.3, 0.4) is 0 Å². The predicted octanol–water partition coefficient (Wildman–Crippen LogP) is 2.81. The van der Waals surface area contributed by atoms with Crippen molar-refractivity contribution in [3.8, 4) is 0 Å². The monoisotopic (exact) mass is 255 g/mol. The number of anilines is 1. The fourth-order valence-corrected chi connectivity index (χ4v) is 2.82. The van der Waals surface area contributed by atoms with Gasteiger partial charge in [-0.1, -0.05) is 24.3 Å². The van der Waals surface area contributed by atoms with E-state index in [2.05, 4.69) is 59.5 Å². The van der Waals surface area contributed by atoms with Crippen LogP contribution < -0.4 is 10.2 Å². The van der Waals surface area contributed by atoms with E-state index >= 15 is 0 Å². The van der Waals surface area contributed by atoms with Crippen LogP contribution in [-0.4, -0.2) is 30.7 Å². The van der Waals surface area contributed by atoms with Crippen molar-refractivity contribution in [2.75, 3.05) is 25.0 Å². The average Bonchev–Trinajstić information content (AvgIpc) is 2.48. The third-order valence-corrected chi connectivity index (χ3v) is 4.42. The van der Waals surface area contributed by atoms with Crippen molar-refractivity contribution in [2.24, 2.45) is 0 Å². The van der Waals surface area contributed by atoms with Gasteiger partial charge in [-0.2, -0.15) is 0 Å². The second-order valence-corrected chi connectivity index (χ2v) is 5.65. The van der Waals surface area contributed by atoms with Gasteiger partial charge in [-0.3, -0.25) is 0 Å². The van der Waals surface area contributed by atoms with E-state index in [9.17, 15) is 0 Å². The van der Waals surface area contributed by atoms with Gasteiger partial charge in [-0.25, -0.2) is 4.98 Å². The van der Waals surface area contributed by atoms with Crippen LogP contribution in [0.4, 0.5) is 5.82 Å². The molecule has 100 valence electrons. The third-order valence-electron chi connectivity index (χ3n) is 4.42. The highest BCUT2D eigenvalue weighted by molar-refractivity contribution is 5.92. The van der Waals surface area contributed by atoms with Gasteiger partial charge in [0.25, 0.3) is 0 Å². The Bertz CT molecular complexity index is 566. The van der Waals surface area contributed by atoms with Gasteiger partial charge in [0.2, 0.25) is 0 Å². The van der Waals surface area contributed by atoms with Gasteiger partial charge >= 0.3 is 0 Å². The molecule has 0 amide bonds. The summed E-state index contributed by atoms with van der Waals surface area (Å²) in [6.45, 7) is 4.44. The first-order chi connectivity index (χ1) is 9.22. The Hall–Kier alpha value is -1.61. The first kappa shape index (κ1) is 12.4. The first-order valence-corrected chi connectivity index (χ1v) is 6.99. The van der Waals surface area contributed by atoms with E-state index < -0.39 is 0 Å². The maximum Gasteiger partial charge on any atom is 0.136 e. The van der Waals surface area contributed by atoms with E-state index in [4.69, 9.17) is 0 Å². The molecule has 0 atom stereocenters. The van der Waals surface area contributed by atoms with E-state index in [1.807, 2.05) is 6.20 Å². The van der Waals surface area contributed by atoms with Gasteiger partial charge in [0.05, 0.1) is 0 Å². The Kier molecular flexibility index (Phi) is 3.15. The lowest BCUT2D eigenvalue weighted by Crippen LogP contribution is -2.50. The third kappa shape index (κ3) is 2.30. The summed E-state index contributed by atoms with van der Waals surface area (Å²) in [6, 6.07) is 10.6. The molecule has 0 aliphatic carbocycles. The normalized spacial score (nSPS) is 18.7. The molecule has 3 heteroatoms. The summed E-state index contributed by atoms with van der Waals surface area (Å²) in [4.78, 5) is 7.03. The Morgan fingerprint density at radius 1 is 1.16 bits per heavy atom. The molecule has 0 saturated carbocycles. The zero-order valence-electron chi connectivity index (χ0n) is 11.7. The number of aromatic nitrogens is 1. The minimum absolute atomic E-state index is 0.279. The van der Waals surface area contributed by atoms with Crippen LogP contribution in [0.2, 0.25) is 0 Å². The highest BCUT2D eigenvalue weighted by Crippen LogP contribution is 2.29. The molecule has 19 heavy (non-hydrogen) atoms. The van der Waals surface area contributed by atoms with Crippen LogP contribution in [0.15, 0.2) is 36.5 Å². The van der Waals surface area contributed by atoms with Crippen molar-refractivity contribution in [3.63, 3.8) is 0 Å². The van der Waals surface area contributed by atoms with Crippen molar-refractivity contribution in [3.05, 3.63) is 36.5 Å². The SMILES string of the molecule is CNC1(C)CCN(c2nccc3ccccc23)CC1. The molecule has 0 unspecified atom stereocenters. The maximum absolute atomic E-state index is 4.61. The summed E-state index contributed by atoms with van der Waals surface area (Å²) >= 11 is 0. The zero-order valence-corrected chi connectivity index (χ0v) is 11.7. The number of nitrogens with one attached hydrogen (secondary N) is 1. The van der Waals surface area contributed by atoms with Crippen molar-refractivity contribution in [1.82, 2.24) is 10.3 Å². The second kappa shape index (κ2) is 4.82. The Morgan fingerprint density at radius 3 is 2.63 bits per heavy atom. The molecule has 1 aliphatic heterocycles. The van der Waals surface area contributed by atoms with E-state index in [1.54, 1.807) is 0 Å². The van der Waals surface area contributed by atoms with Gasteiger partial charge in [-0.05, 0) is 38.3 Å². The number of piperidine rings is 1. The zero-order chi connectivity index (χ0) is 13.3. The topological polar surface area (TPSA) is 28.2 Å². The molecule has 3 rings (SSSR count). The number of hydrogen-bond donors (Lipinski definition) is 1. The fourth-order valence-electron chi connectivity index (χ4n) is 2.82. The second-order valence-electron chi connectivity index (χ2n) is 5.65. The van der Waals surface area contributed by atoms with Gasteiger partial charge in [-0.15, -0.1) is 0 Å². The molecule has 0 spiro atoms. The van der Waals surface area contributed by atoms with Crippen molar-refractivity contribution >= 4 is 16.6 Å². The van der Waals surface area contributed by atoms with E-state index in [-0.39, 0.29) is 5.54 Å². The van der Waals surface area contributed by atoms with Crippen LogP contribution in [0.1, 0.15) is 19.8 Å². The molecule has 1 fully saturated rings. The molecule has 1 saturated heterocycles. The Balaban J connectivity index is 1.90. The number of rotatable bonds is 2. The molecule has 0 radical (unpaired) electrons. The highest BCUT2D eigenvalue weighted by Gasteiger charge is 2.29. The Labute approximate surface area is 114 Å². The van der Waals surface area contributed by atoms with Crippen molar-refractivity contribution in [1.29, 1.82) is 0 Å². The minimum Gasteiger partial charge on any atom is -0.356 e. The Morgan fingerprint density at radius 2 is 1.89 bits per heavy atom. The average molecular weight is 255 g/mol.